The number of anilines is 1. The molecule has 1 aliphatic rings. The molecule has 1 aliphatic heterocycles. The summed E-state index contributed by atoms with van der Waals surface area (Å²) in [5, 5.41) is 9.85. The van der Waals surface area contributed by atoms with Crippen LogP contribution >= 0.6 is 0 Å². The van der Waals surface area contributed by atoms with Gasteiger partial charge in [0.2, 0.25) is 0 Å². The van der Waals surface area contributed by atoms with E-state index < -0.39 is 5.54 Å². The second-order valence-corrected chi connectivity index (χ2v) is 7.59. The van der Waals surface area contributed by atoms with Gasteiger partial charge in [-0.1, -0.05) is 25.1 Å². The smallest absolute Gasteiger partial charge is 0.321 e. The Morgan fingerprint density at radius 2 is 2.07 bits per heavy atom. The molecule has 0 aliphatic carbocycles. The number of hydrogen-bond acceptors (Lipinski definition) is 5. The third-order valence-electron chi connectivity index (χ3n) is 4.88. The maximum atomic E-state index is 12.6. The van der Waals surface area contributed by atoms with Crippen LogP contribution in [-0.4, -0.2) is 29.4 Å². The summed E-state index contributed by atoms with van der Waals surface area (Å²) in [6, 6.07) is 5.40. The first-order valence-electron chi connectivity index (χ1n) is 9.52. The summed E-state index contributed by atoms with van der Waals surface area (Å²) in [6.07, 6.45) is 5.20. The fourth-order valence-electron chi connectivity index (χ4n) is 3.21. The van der Waals surface area contributed by atoms with Crippen LogP contribution in [0.2, 0.25) is 0 Å². The lowest BCUT2D eigenvalue weighted by Gasteiger charge is -2.35. The minimum Gasteiger partial charge on any atom is -0.381 e. The summed E-state index contributed by atoms with van der Waals surface area (Å²) in [7, 11) is 0. The zero-order valence-electron chi connectivity index (χ0n) is 16.2. The Labute approximate surface area is 159 Å². The first-order valence-corrected chi connectivity index (χ1v) is 9.52. The lowest BCUT2D eigenvalue weighted by molar-refractivity contribution is 0.0307. The molecule has 2 aromatic heterocycles. The molecule has 7 nitrogen and oxygen atoms in total. The molecule has 0 bridgehead atoms. The molecule has 1 fully saturated rings. The van der Waals surface area contributed by atoms with Crippen molar-refractivity contribution in [2.45, 2.75) is 52.0 Å². The Morgan fingerprint density at radius 1 is 1.30 bits per heavy atom. The molecule has 0 aromatic carbocycles. The zero-order valence-corrected chi connectivity index (χ0v) is 16.2. The maximum Gasteiger partial charge on any atom is 0.321 e. The molecule has 7 heteroatoms. The first-order chi connectivity index (χ1) is 13.0. The Morgan fingerprint density at radius 3 is 2.67 bits per heavy atom. The molecule has 3 rings (SSSR count). The van der Waals surface area contributed by atoms with Crippen LogP contribution in [0.3, 0.4) is 0 Å². The van der Waals surface area contributed by atoms with Gasteiger partial charge in [0.1, 0.15) is 11.4 Å². The van der Waals surface area contributed by atoms with Crippen LogP contribution < -0.4 is 10.6 Å². The van der Waals surface area contributed by atoms with Crippen molar-refractivity contribution >= 4 is 11.8 Å². The third-order valence-corrected chi connectivity index (χ3v) is 4.88. The van der Waals surface area contributed by atoms with E-state index in [1.165, 1.54) is 5.56 Å². The van der Waals surface area contributed by atoms with E-state index in [0.717, 1.165) is 18.5 Å². The molecular weight excluding hydrogens is 344 g/mol. The van der Waals surface area contributed by atoms with E-state index in [-0.39, 0.29) is 6.03 Å². The highest BCUT2D eigenvalue weighted by atomic mass is 16.5. The molecule has 0 saturated carbocycles. The molecule has 2 aromatic rings. The van der Waals surface area contributed by atoms with Crippen LogP contribution in [-0.2, 0) is 16.7 Å². The number of aromatic nitrogens is 2. The average molecular weight is 372 g/mol. The average Bonchev–Trinajstić information content (AvgIpc) is 3.09. The summed E-state index contributed by atoms with van der Waals surface area (Å²) in [5.74, 6) is 1.84. The predicted molar refractivity (Wildman–Crippen MR) is 103 cm³/mol. The van der Waals surface area contributed by atoms with Crippen LogP contribution in [0.25, 0.3) is 0 Å². The van der Waals surface area contributed by atoms with E-state index in [1.54, 1.807) is 0 Å². The zero-order chi connectivity index (χ0) is 19.3. The molecule has 146 valence electrons. The number of amides is 2. The third kappa shape index (κ3) is 5.07. The fraction of sp³-hybridized carbons (Fsp3) is 0.550. The normalized spacial score (nSPS) is 16.3. The number of carbonyl (C=O) groups excluding carboxylic acids is 1. The van der Waals surface area contributed by atoms with Crippen molar-refractivity contribution in [1.82, 2.24) is 15.5 Å². The summed E-state index contributed by atoms with van der Waals surface area (Å²) in [6.45, 7) is 7.39. The number of carbonyl (C=O) groups is 1. The first kappa shape index (κ1) is 19.4. The van der Waals surface area contributed by atoms with Crippen LogP contribution in [0.15, 0.2) is 28.9 Å². The van der Waals surface area contributed by atoms with Crippen molar-refractivity contribution in [2.75, 3.05) is 18.5 Å². The topological polar surface area (TPSA) is 89.3 Å². The van der Waals surface area contributed by atoms with Crippen molar-refractivity contribution in [3.8, 4) is 0 Å². The van der Waals surface area contributed by atoms with E-state index in [0.29, 0.717) is 43.6 Å². The summed E-state index contributed by atoms with van der Waals surface area (Å²) in [5.41, 5.74) is 1.35. The Bertz CT molecular complexity index is 749. The highest BCUT2D eigenvalue weighted by Gasteiger charge is 2.39. The van der Waals surface area contributed by atoms with E-state index in [1.807, 2.05) is 31.3 Å². The van der Waals surface area contributed by atoms with Gasteiger partial charge in [-0.15, -0.1) is 0 Å². The van der Waals surface area contributed by atoms with Crippen molar-refractivity contribution in [3.63, 3.8) is 0 Å². The molecule has 27 heavy (non-hydrogen) atoms. The lowest BCUT2D eigenvalue weighted by Crippen LogP contribution is -2.50. The van der Waals surface area contributed by atoms with Gasteiger partial charge in [0, 0.05) is 38.3 Å². The Hall–Kier alpha value is -2.41. The van der Waals surface area contributed by atoms with E-state index in [9.17, 15) is 4.79 Å². The van der Waals surface area contributed by atoms with Gasteiger partial charge in [-0.2, -0.15) is 0 Å². The monoisotopic (exact) mass is 372 g/mol. The highest BCUT2D eigenvalue weighted by molar-refractivity contribution is 5.88. The molecule has 2 amide bonds. The summed E-state index contributed by atoms with van der Waals surface area (Å²) < 4.78 is 10.9. The number of aryl methyl sites for hydroxylation is 2. The minimum absolute atomic E-state index is 0.312. The maximum absolute atomic E-state index is 12.6. The second kappa shape index (κ2) is 8.52. The SMILES string of the molecule is Cc1cc(C2(NC(=O)Nc3ccc(CCC(C)C)cn3)CCOCC2)on1. The molecule has 0 radical (unpaired) electrons. The van der Waals surface area contributed by atoms with Crippen LogP contribution in [0.5, 0.6) is 0 Å². The molecular formula is C20H28N4O3. The number of pyridine rings is 1. The van der Waals surface area contributed by atoms with E-state index in [4.69, 9.17) is 9.26 Å². The van der Waals surface area contributed by atoms with E-state index >= 15 is 0 Å². The fourth-order valence-corrected chi connectivity index (χ4v) is 3.21. The summed E-state index contributed by atoms with van der Waals surface area (Å²) >= 11 is 0. The van der Waals surface area contributed by atoms with Gasteiger partial charge < -0.3 is 14.6 Å². The summed E-state index contributed by atoms with van der Waals surface area (Å²) in [4.78, 5) is 17.0. The van der Waals surface area contributed by atoms with Crippen molar-refractivity contribution in [3.05, 3.63) is 41.4 Å². The van der Waals surface area contributed by atoms with Gasteiger partial charge in [0.15, 0.2) is 5.76 Å². The van der Waals surface area contributed by atoms with Crippen molar-refractivity contribution in [2.24, 2.45) is 5.92 Å². The largest absolute Gasteiger partial charge is 0.381 e. The number of hydrogen-bond donors (Lipinski definition) is 2. The van der Waals surface area contributed by atoms with Crippen molar-refractivity contribution in [1.29, 1.82) is 0 Å². The van der Waals surface area contributed by atoms with Crippen molar-refractivity contribution < 1.29 is 14.1 Å². The molecule has 2 N–H and O–H groups in total. The van der Waals surface area contributed by atoms with Gasteiger partial charge in [-0.25, -0.2) is 9.78 Å². The minimum atomic E-state index is -0.610. The molecule has 0 spiro atoms. The van der Waals surface area contributed by atoms with Crippen LogP contribution in [0, 0.1) is 12.8 Å². The molecule has 3 heterocycles. The van der Waals surface area contributed by atoms with Crippen LogP contribution in [0.1, 0.15) is 50.1 Å². The number of rotatable bonds is 6. The lowest BCUT2D eigenvalue weighted by atomic mass is 9.87. The highest BCUT2D eigenvalue weighted by Crippen LogP contribution is 2.32. The van der Waals surface area contributed by atoms with Gasteiger partial charge in [0.25, 0.3) is 0 Å². The second-order valence-electron chi connectivity index (χ2n) is 7.59. The van der Waals surface area contributed by atoms with Gasteiger partial charge >= 0.3 is 6.03 Å². The van der Waals surface area contributed by atoms with E-state index in [2.05, 4.69) is 34.6 Å². The predicted octanol–water partition coefficient (Wildman–Crippen LogP) is 3.79. The Balaban J connectivity index is 1.64. The molecule has 1 saturated heterocycles. The van der Waals surface area contributed by atoms with Gasteiger partial charge in [-0.3, -0.25) is 5.32 Å². The van der Waals surface area contributed by atoms with Crippen LogP contribution in [0.4, 0.5) is 10.6 Å². The number of nitrogens with zero attached hydrogens (tertiary/aromatic N) is 2. The molecule has 0 atom stereocenters. The number of urea groups is 1. The Kier molecular flexibility index (Phi) is 6.11. The molecule has 0 unspecified atom stereocenters. The van der Waals surface area contributed by atoms with Gasteiger partial charge in [0.05, 0.1) is 5.69 Å². The standard InChI is InChI=1S/C20H28N4O3/c1-14(2)4-5-16-6-7-18(21-13-16)22-19(25)23-20(8-10-26-11-9-20)17-12-15(3)24-27-17/h6-7,12-14H,4-5,8-11H2,1-3H3,(H2,21,22,23,25). The number of nitrogens with one attached hydrogen (secondary N) is 2. The quantitative estimate of drug-likeness (QED) is 0.805. The van der Waals surface area contributed by atoms with Gasteiger partial charge in [-0.05, 0) is 37.3 Å². The number of ether oxygens (including phenoxy) is 1.